The minimum Gasteiger partial charge on any atom is -0.378 e. The van der Waals surface area contributed by atoms with Gasteiger partial charge in [-0.15, -0.1) is 0 Å². The van der Waals surface area contributed by atoms with Crippen molar-refractivity contribution in [1.29, 1.82) is 0 Å². The maximum Gasteiger partial charge on any atom is 0.281 e. The normalized spacial score (nSPS) is 10.8. The van der Waals surface area contributed by atoms with E-state index in [0.29, 0.717) is 22.6 Å². The number of methoxy groups -OCH3 is 1. The van der Waals surface area contributed by atoms with Crippen molar-refractivity contribution in [1.82, 2.24) is 9.78 Å². The summed E-state index contributed by atoms with van der Waals surface area (Å²) in [4.78, 5) is 11.9. The van der Waals surface area contributed by atoms with Gasteiger partial charge in [0.2, 0.25) is 0 Å². The van der Waals surface area contributed by atoms with Crippen LogP contribution in [0.4, 0.5) is 0 Å². The Labute approximate surface area is 118 Å². The molecule has 0 aliphatic heterocycles. The Kier molecular flexibility index (Phi) is 4.27. The summed E-state index contributed by atoms with van der Waals surface area (Å²) in [7, 11) is 1.58. The van der Waals surface area contributed by atoms with Crippen LogP contribution in [0.5, 0.6) is 0 Å². The number of ether oxygens (including phenoxy) is 1. The first-order valence-electron chi connectivity index (χ1n) is 5.32. The SMILES string of the molecule is COCc1[nH]n(Cc2cccc(Cl)c2)c(=O)c1Br. The number of H-pyrrole nitrogens is 1. The van der Waals surface area contributed by atoms with Gasteiger partial charge in [0.05, 0.1) is 18.8 Å². The fraction of sp³-hybridized carbons (Fsp3) is 0.250. The van der Waals surface area contributed by atoms with E-state index in [9.17, 15) is 4.79 Å². The van der Waals surface area contributed by atoms with Gasteiger partial charge in [-0.2, -0.15) is 0 Å². The van der Waals surface area contributed by atoms with Crippen LogP contribution in [0, 0.1) is 0 Å². The number of nitrogens with zero attached hydrogens (tertiary/aromatic N) is 1. The molecular formula is C12H12BrClN2O2. The lowest BCUT2D eigenvalue weighted by Gasteiger charge is -2.03. The van der Waals surface area contributed by atoms with Crippen LogP contribution in [0.2, 0.25) is 5.02 Å². The van der Waals surface area contributed by atoms with E-state index in [1.165, 1.54) is 4.68 Å². The van der Waals surface area contributed by atoms with Gasteiger partial charge >= 0.3 is 0 Å². The number of rotatable bonds is 4. The predicted molar refractivity (Wildman–Crippen MR) is 74.0 cm³/mol. The molecule has 0 spiro atoms. The standard InChI is InChI=1S/C12H12BrClN2O2/c1-18-7-10-11(13)12(17)16(15-10)6-8-3-2-4-9(14)5-8/h2-5,15H,6-7H2,1H3. The third-order valence-corrected chi connectivity index (χ3v) is 3.54. The molecule has 0 saturated heterocycles. The second-order valence-corrected chi connectivity index (χ2v) is 5.09. The lowest BCUT2D eigenvalue weighted by molar-refractivity contribution is 0.180. The topological polar surface area (TPSA) is 47.0 Å². The van der Waals surface area contributed by atoms with Crippen molar-refractivity contribution >= 4 is 27.5 Å². The van der Waals surface area contributed by atoms with E-state index < -0.39 is 0 Å². The predicted octanol–water partition coefficient (Wildman–Crippen LogP) is 2.79. The molecule has 1 aromatic carbocycles. The molecule has 0 amide bonds. The summed E-state index contributed by atoms with van der Waals surface area (Å²) in [5.41, 5.74) is 1.58. The van der Waals surface area contributed by atoms with Crippen molar-refractivity contribution in [2.24, 2.45) is 0 Å². The number of aromatic amines is 1. The second-order valence-electron chi connectivity index (χ2n) is 3.86. The molecule has 6 heteroatoms. The van der Waals surface area contributed by atoms with E-state index in [2.05, 4.69) is 21.0 Å². The molecule has 0 unspecified atom stereocenters. The fourth-order valence-corrected chi connectivity index (χ4v) is 2.31. The molecule has 1 heterocycles. The minimum absolute atomic E-state index is 0.109. The van der Waals surface area contributed by atoms with Gasteiger partial charge in [0.1, 0.15) is 4.47 Å². The van der Waals surface area contributed by atoms with Crippen LogP contribution in [0.1, 0.15) is 11.3 Å². The highest BCUT2D eigenvalue weighted by Crippen LogP contribution is 2.14. The fourth-order valence-electron chi connectivity index (χ4n) is 1.68. The van der Waals surface area contributed by atoms with Gasteiger partial charge in [0, 0.05) is 12.1 Å². The first-order chi connectivity index (χ1) is 8.61. The molecule has 2 aromatic rings. The Bertz CT molecular complexity index is 606. The van der Waals surface area contributed by atoms with Gasteiger partial charge < -0.3 is 4.74 Å². The maximum atomic E-state index is 11.9. The molecule has 2 rings (SSSR count). The third kappa shape index (κ3) is 2.85. The molecule has 1 N–H and O–H groups in total. The average Bonchev–Trinajstić information content (AvgIpc) is 2.59. The molecule has 4 nitrogen and oxygen atoms in total. The van der Waals surface area contributed by atoms with Crippen LogP contribution >= 0.6 is 27.5 Å². The van der Waals surface area contributed by atoms with Crippen molar-refractivity contribution in [3.63, 3.8) is 0 Å². The van der Waals surface area contributed by atoms with Crippen molar-refractivity contribution < 1.29 is 4.74 Å². The molecule has 0 aliphatic carbocycles. The number of nitrogens with one attached hydrogen (secondary N) is 1. The zero-order valence-electron chi connectivity index (χ0n) is 9.74. The zero-order valence-corrected chi connectivity index (χ0v) is 12.1. The van der Waals surface area contributed by atoms with Crippen LogP contribution in [0.25, 0.3) is 0 Å². The summed E-state index contributed by atoms with van der Waals surface area (Å²) in [5, 5.41) is 3.66. The van der Waals surface area contributed by atoms with Gasteiger partial charge in [0.25, 0.3) is 5.56 Å². The Morgan fingerprint density at radius 3 is 2.94 bits per heavy atom. The second kappa shape index (κ2) is 5.73. The van der Waals surface area contributed by atoms with Gasteiger partial charge in [-0.25, -0.2) is 4.68 Å². The summed E-state index contributed by atoms with van der Waals surface area (Å²) < 4.78 is 7.04. The molecule has 0 saturated carbocycles. The van der Waals surface area contributed by atoms with Crippen molar-refractivity contribution in [2.45, 2.75) is 13.2 Å². The highest BCUT2D eigenvalue weighted by atomic mass is 79.9. The summed E-state index contributed by atoms with van der Waals surface area (Å²) in [6, 6.07) is 7.41. The summed E-state index contributed by atoms with van der Waals surface area (Å²) >= 11 is 9.17. The third-order valence-electron chi connectivity index (χ3n) is 2.49. The molecule has 18 heavy (non-hydrogen) atoms. The average molecular weight is 332 g/mol. The summed E-state index contributed by atoms with van der Waals surface area (Å²) in [5.74, 6) is 0. The van der Waals surface area contributed by atoms with Crippen molar-refractivity contribution in [2.75, 3.05) is 7.11 Å². The van der Waals surface area contributed by atoms with Gasteiger partial charge in [-0.05, 0) is 33.6 Å². The molecule has 0 radical (unpaired) electrons. The Morgan fingerprint density at radius 2 is 2.28 bits per heavy atom. The van der Waals surface area contributed by atoms with Gasteiger partial charge in [-0.3, -0.25) is 9.89 Å². The minimum atomic E-state index is -0.109. The van der Waals surface area contributed by atoms with Crippen LogP contribution in [0.3, 0.4) is 0 Å². The highest BCUT2D eigenvalue weighted by Gasteiger charge is 2.11. The number of benzene rings is 1. The monoisotopic (exact) mass is 330 g/mol. The molecule has 0 fully saturated rings. The van der Waals surface area contributed by atoms with Crippen LogP contribution in [0.15, 0.2) is 33.5 Å². The first kappa shape index (κ1) is 13.4. The highest BCUT2D eigenvalue weighted by molar-refractivity contribution is 9.10. The van der Waals surface area contributed by atoms with Crippen LogP contribution in [-0.2, 0) is 17.9 Å². The summed E-state index contributed by atoms with van der Waals surface area (Å²) in [6.45, 7) is 0.806. The zero-order chi connectivity index (χ0) is 13.1. The number of halogens is 2. The molecule has 0 bridgehead atoms. The Hall–Kier alpha value is -1.04. The molecule has 0 aliphatic rings. The van der Waals surface area contributed by atoms with E-state index in [4.69, 9.17) is 16.3 Å². The molecule has 0 atom stereocenters. The van der Waals surface area contributed by atoms with Crippen LogP contribution < -0.4 is 5.56 Å². The van der Waals surface area contributed by atoms with E-state index in [1.807, 2.05) is 18.2 Å². The van der Waals surface area contributed by atoms with Crippen LogP contribution in [-0.4, -0.2) is 16.9 Å². The van der Waals surface area contributed by atoms with E-state index >= 15 is 0 Å². The maximum absolute atomic E-state index is 11.9. The van der Waals surface area contributed by atoms with Crippen molar-refractivity contribution in [3.8, 4) is 0 Å². The first-order valence-corrected chi connectivity index (χ1v) is 6.49. The van der Waals surface area contributed by atoms with E-state index in [1.54, 1.807) is 13.2 Å². The van der Waals surface area contributed by atoms with Gasteiger partial charge in [-0.1, -0.05) is 23.7 Å². The van der Waals surface area contributed by atoms with Crippen molar-refractivity contribution in [3.05, 3.63) is 55.4 Å². The Morgan fingerprint density at radius 1 is 1.50 bits per heavy atom. The lowest BCUT2D eigenvalue weighted by Crippen LogP contribution is -2.17. The van der Waals surface area contributed by atoms with Gasteiger partial charge in [0.15, 0.2) is 0 Å². The number of hydrogen-bond donors (Lipinski definition) is 1. The smallest absolute Gasteiger partial charge is 0.281 e. The molecular weight excluding hydrogens is 320 g/mol. The molecule has 1 aromatic heterocycles. The number of aromatic nitrogens is 2. The largest absolute Gasteiger partial charge is 0.378 e. The van der Waals surface area contributed by atoms with E-state index in [-0.39, 0.29) is 5.56 Å². The molecule has 96 valence electrons. The Balaban J connectivity index is 2.29. The quantitative estimate of drug-likeness (QED) is 0.936. The van der Waals surface area contributed by atoms with E-state index in [0.717, 1.165) is 11.3 Å². The lowest BCUT2D eigenvalue weighted by atomic mass is 10.2. The summed E-state index contributed by atoms with van der Waals surface area (Å²) in [6.07, 6.45) is 0. The number of hydrogen-bond acceptors (Lipinski definition) is 2.